The Morgan fingerprint density at radius 1 is 0.474 bits per heavy atom. The summed E-state index contributed by atoms with van der Waals surface area (Å²) in [6.07, 6.45) is 12.8. The van der Waals surface area contributed by atoms with Gasteiger partial charge in [0.2, 0.25) is 0 Å². The first-order valence-electron chi connectivity index (χ1n) is 15.4. The second-order valence-corrected chi connectivity index (χ2v) is 10.7. The number of aryl methyl sites for hydroxylation is 2. The molecule has 0 atom stereocenters. The van der Waals surface area contributed by atoms with Crippen LogP contribution < -0.4 is 10.9 Å². The quantitative estimate of drug-likeness (QED) is 0.133. The zero-order valence-corrected chi connectivity index (χ0v) is 25.6. The molecule has 2 heteroatoms. The molecular formula is C36H48B2. The molecule has 0 heterocycles. The second kappa shape index (κ2) is 14.5. The zero-order valence-electron chi connectivity index (χ0n) is 25.6. The van der Waals surface area contributed by atoms with Crippen molar-refractivity contribution in [3.63, 3.8) is 0 Å². The Labute approximate surface area is 235 Å². The summed E-state index contributed by atoms with van der Waals surface area (Å²) < 4.78 is 0. The van der Waals surface area contributed by atoms with E-state index in [0.717, 1.165) is 51.4 Å². The van der Waals surface area contributed by atoms with Crippen molar-refractivity contribution < 1.29 is 0 Å². The highest BCUT2D eigenvalue weighted by Crippen LogP contribution is 2.35. The molecule has 0 N–H and O–H groups in total. The van der Waals surface area contributed by atoms with Crippen LogP contribution >= 0.6 is 0 Å². The van der Waals surface area contributed by atoms with Crippen molar-refractivity contribution >= 4 is 48.2 Å². The minimum atomic E-state index is 0.826. The van der Waals surface area contributed by atoms with Crippen molar-refractivity contribution in [2.75, 3.05) is 0 Å². The summed E-state index contributed by atoms with van der Waals surface area (Å²) >= 11 is 0. The molecule has 0 aromatic heterocycles. The van der Waals surface area contributed by atoms with E-state index >= 15 is 0 Å². The maximum atomic E-state index is 3.53. The first-order valence-corrected chi connectivity index (χ1v) is 15.4. The van der Waals surface area contributed by atoms with E-state index in [9.17, 15) is 0 Å². The third-order valence-electron chi connectivity index (χ3n) is 8.48. The number of unbranched alkanes of at least 4 members (excludes halogenated alkanes) is 4. The van der Waals surface area contributed by atoms with Gasteiger partial charge in [-0.2, -0.15) is 0 Å². The predicted molar refractivity (Wildman–Crippen MR) is 177 cm³/mol. The topological polar surface area (TPSA) is 0 Å². The van der Waals surface area contributed by atoms with E-state index in [1.165, 1.54) is 69.3 Å². The smallest absolute Gasteiger partial charge is 0.103 e. The molecule has 0 bridgehead atoms. The SMILES string of the molecule is Bc1c(CC#CCCCC)c(CC#CCCCC)c(B)c2cc3c(CC)c(CC)c(CC)c(CC)c3cc12. The molecule has 0 aliphatic heterocycles. The van der Waals surface area contributed by atoms with Crippen LogP contribution in [0.4, 0.5) is 0 Å². The molecule has 0 aliphatic rings. The van der Waals surface area contributed by atoms with Crippen LogP contribution in [-0.2, 0) is 38.5 Å². The van der Waals surface area contributed by atoms with E-state index in [1.807, 2.05) is 0 Å². The number of fused-ring (bicyclic) bond motifs is 2. The highest BCUT2D eigenvalue weighted by molar-refractivity contribution is 6.47. The molecule has 38 heavy (non-hydrogen) atoms. The van der Waals surface area contributed by atoms with Gasteiger partial charge in [-0.05, 0) is 106 Å². The molecule has 0 saturated carbocycles. The Kier molecular flexibility index (Phi) is 11.5. The molecule has 0 fully saturated rings. The lowest BCUT2D eigenvalue weighted by atomic mass is 9.72. The molecule has 3 rings (SSSR count). The summed E-state index contributed by atoms with van der Waals surface area (Å²) in [4.78, 5) is 0. The Bertz CT molecular complexity index is 1290. The van der Waals surface area contributed by atoms with Gasteiger partial charge in [-0.15, -0.1) is 11.8 Å². The van der Waals surface area contributed by atoms with Crippen molar-refractivity contribution in [3.05, 3.63) is 45.5 Å². The van der Waals surface area contributed by atoms with Crippen molar-refractivity contribution in [2.24, 2.45) is 0 Å². The monoisotopic (exact) mass is 502 g/mol. The lowest BCUT2D eigenvalue weighted by Gasteiger charge is -2.23. The van der Waals surface area contributed by atoms with Gasteiger partial charge in [0, 0.05) is 25.7 Å². The van der Waals surface area contributed by atoms with Crippen molar-refractivity contribution in [2.45, 2.75) is 119 Å². The summed E-state index contributed by atoms with van der Waals surface area (Å²) in [6, 6.07) is 5.07. The highest BCUT2D eigenvalue weighted by atomic mass is 14.2. The van der Waals surface area contributed by atoms with E-state index in [0.29, 0.717) is 0 Å². The zero-order chi connectivity index (χ0) is 27.7. The molecule has 0 nitrogen and oxygen atoms in total. The van der Waals surface area contributed by atoms with Crippen LogP contribution in [0.3, 0.4) is 0 Å². The van der Waals surface area contributed by atoms with Gasteiger partial charge in [-0.3, -0.25) is 0 Å². The molecular weight excluding hydrogens is 454 g/mol. The van der Waals surface area contributed by atoms with Gasteiger partial charge in [-0.1, -0.05) is 77.2 Å². The average Bonchev–Trinajstić information content (AvgIpc) is 2.93. The Hall–Kier alpha value is -2.57. The van der Waals surface area contributed by atoms with E-state index in [1.54, 1.807) is 22.3 Å². The lowest BCUT2D eigenvalue weighted by Crippen LogP contribution is -2.25. The van der Waals surface area contributed by atoms with Crippen LogP contribution in [0, 0.1) is 23.7 Å². The normalized spacial score (nSPS) is 10.9. The Morgan fingerprint density at radius 2 is 0.842 bits per heavy atom. The van der Waals surface area contributed by atoms with Crippen LogP contribution in [-0.4, -0.2) is 15.7 Å². The summed E-state index contributed by atoms with van der Waals surface area (Å²) in [5.41, 5.74) is 11.9. The van der Waals surface area contributed by atoms with Gasteiger partial charge in [0.1, 0.15) is 15.7 Å². The third-order valence-corrected chi connectivity index (χ3v) is 8.48. The fraction of sp³-hybridized carbons (Fsp3) is 0.500. The van der Waals surface area contributed by atoms with Crippen molar-refractivity contribution in [1.82, 2.24) is 0 Å². The predicted octanol–water partition coefficient (Wildman–Crippen LogP) is 6.23. The molecule has 0 aliphatic carbocycles. The first-order chi connectivity index (χ1) is 18.5. The van der Waals surface area contributed by atoms with E-state index in [2.05, 4.69) is 93.0 Å². The van der Waals surface area contributed by atoms with Gasteiger partial charge in [-0.25, -0.2) is 0 Å². The van der Waals surface area contributed by atoms with Gasteiger partial charge >= 0.3 is 0 Å². The van der Waals surface area contributed by atoms with Crippen LogP contribution in [0.15, 0.2) is 12.1 Å². The molecule has 0 amide bonds. The number of benzene rings is 3. The molecule has 0 saturated heterocycles. The van der Waals surface area contributed by atoms with E-state index in [4.69, 9.17) is 0 Å². The lowest BCUT2D eigenvalue weighted by molar-refractivity contribution is 0.827. The summed E-state index contributed by atoms with van der Waals surface area (Å²) in [5.74, 6) is 14.0. The molecule has 0 spiro atoms. The molecule has 198 valence electrons. The third kappa shape index (κ3) is 6.18. The minimum Gasteiger partial charge on any atom is -0.103 e. The molecule has 0 radical (unpaired) electrons. The van der Waals surface area contributed by atoms with Crippen molar-refractivity contribution in [1.29, 1.82) is 0 Å². The second-order valence-electron chi connectivity index (χ2n) is 10.7. The number of rotatable bonds is 10. The van der Waals surface area contributed by atoms with Crippen LogP contribution in [0.2, 0.25) is 0 Å². The van der Waals surface area contributed by atoms with Gasteiger partial charge in [0.25, 0.3) is 0 Å². The summed E-state index contributed by atoms with van der Waals surface area (Å²) in [5, 5.41) is 5.76. The average molecular weight is 502 g/mol. The molecule has 3 aromatic carbocycles. The Morgan fingerprint density at radius 3 is 1.16 bits per heavy atom. The number of hydrogen-bond donors (Lipinski definition) is 0. The fourth-order valence-electron chi connectivity index (χ4n) is 6.34. The van der Waals surface area contributed by atoms with Gasteiger partial charge < -0.3 is 0 Å². The minimum absolute atomic E-state index is 0.826. The van der Waals surface area contributed by atoms with Crippen molar-refractivity contribution in [3.8, 4) is 23.7 Å². The fourth-order valence-corrected chi connectivity index (χ4v) is 6.34. The van der Waals surface area contributed by atoms with Crippen LogP contribution in [0.25, 0.3) is 21.5 Å². The molecule has 0 unspecified atom stereocenters. The van der Waals surface area contributed by atoms with E-state index in [-0.39, 0.29) is 0 Å². The standard InChI is InChI=1S/C36H48B2/c1-7-13-15-17-19-21-29-30(22-20-18-16-14-8-2)36(38)34-24-32-28(12-6)26(10-4)25(9-3)27(11-5)31(32)23-33(34)35(29)37/h23-24H,7-16,21-22,37-38H2,1-6H3. The van der Waals surface area contributed by atoms with Crippen LogP contribution in [0.5, 0.6) is 0 Å². The van der Waals surface area contributed by atoms with Gasteiger partial charge in [0.05, 0.1) is 0 Å². The summed E-state index contributed by atoms with van der Waals surface area (Å²) in [7, 11) is 4.66. The molecule has 3 aromatic rings. The Balaban J connectivity index is 2.35. The number of hydrogen-bond acceptors (Lipinski definition) is 0. The largest absolute Gasteiger partial charge is 0.140 e. The van der Waals surface area contributed by atoms with Gasteiger partial charge in [0.15, 0.2) is 0 Å². The summed E-state index contributed by atoms with van der Waals surface area (Å²) in [6.45, 7) is 13.8. The highest BCUT2D eigenvalue weighted by Gasteiger charge is 2.19. The first kappa shape index (κ1) is 30.0. The van der Waals surface area contributed by atoms with Crippen LogP contribution in [0.1, 0.15) is 113 Å². The maximum Gasteiger partial charge on any atom is 0.140 e. The maximum absolute atomic E-state index is 3.53. The van der Waals surface area contributed by atoms with E-state index < -0.39 is 0 Å².